The number of nitrogens with one attached hydrogen (secondary N) is 2. The van der Waals surface area contributed by atoms with E-state index in [9.17, 15) is 29.4 Å². The fourth-order valence-corrected chi connectivity index (χ4v) is 8.88. The molecule has 2 saturated heterocycles. The number of aliphatic carboxylic acids is 2. The number of carbonyl (C=O) groups is 4. The quantitative estimate of drug-likeness (QED) is 0.0667. The molecule has 4 N–H and O–H groups in total. The number of hydrogen-bond donors (Lipinski definition) is 4. The number of anilines is 2. The molecule has 12 nitrogen and oxygen atoms in total. The zero-order valence-electron chi connectivity index (χ0n) is 36.4. The maximum atomic E-state index is 14.1. The van der Waals surface area contributed by atoms with Crippen LogP contribution < -0.4 is 10.6 Å². The first-order valence-electron chi connectivity index (χ1n) is 22.3. The van der Waals surface area contributed by atoms with Crippen LogP contribution in [0.1, 0.15) is 59.1 Å². The Balaban J connectivity index is 1.15. The number of amides is 2. The van der Waals surface area contributed by atoms with Crippen LogP contribution in [0, 0.1) is 0 Å². The van der Waals surface area contributed by atoms with Crippen molar-refractivity contribution in [2.45, 2.75) is 62.9 Å². The number of carboxylic acids is 2. The number of para-hydroxylation sites is 2. The third kappa shape index (κ3) is 10.9. The van der Waals surface area contributed by atoms with Gasteiger partial charge in [0.05, 0.1) is 34.9 Å². The van der Waals surface area contributed by atoms with Gasteiger partial charge in [0.25, 0.3) is 0 Å². The van der Waals surface area contributed by atoms with Gasteiger partial charge < -0.3 is 20.8 Å². The second-order valence-corrected chi connectivity index (χ2v) is 16.6. The lowest BCUT2D eigenvalue weighted by Crippen LogP contribution is -2.40. The van der Waals surface area contributed by atoms with E-state index in [1.54, 1.807) is 97.1 Å². The van der Waals surface area contributed by atoms with Gasteiger partial charge in [0.1, 0.15) is 0 Å². The third-order valence-electron chi connectivity index (χ3n) is 12.1. The van der Waals surface area contributed by atoms with Crippen LogP contribution in [-0.4, -0.2) is 92.4 Å². The number of aliphatic imine (C=N–C) groups is 2. The van der Waals surface area contributed by atoms with Crippen molar-refractivity contribution in [3.05, 3.63) is 203 Å². The standard InChI is InChI=1S/C54H52N6O6/c61-51(45-31-17-33-59(45)35-37-19-5-1-6-20-37)55-43-29-15-13-27-41(43)47(39-23-9-3-10-24-39)57-49(53(63)64)50(54(65)66)58-48(40-25-11-4-12-26-40)42-28-14-16-30-44(42)56-52(62)46-32-18-34-60(46)36-38-21-7-2-8-22-38/h1-16,19-30,45-46,49-50H,17-18,31-36H2,(H,55,61)(H,56,62)(H,63,64)(H,65,66)/t45-,46-,49?,50?/m0/s1. The van der Waals surface area contributed by atoms with Crippen LogP contribution in [-0.2, 0) is 32.3 Å². The molecule has 0 aromatic heterocycles. The summed E-state index contributed by atoms with van der Waals surface area (Å²) in [5.41, 5.74) is 5.17. The molecule has 8 rings (SSSR count). The Bertz CT molecular complexity index is 2510. The highest BCUT2D eigenvalue weighted by molar-refractivity contribution is 6.19. The molecule has 0 spiro atoms. The first-order chi connectivity index (χ1) is 32.2. The van der Waals surface area contributed by atoms with E-state index in [2.05, 4.69) is 20.4 Å². The number of likely N-dealkylation sites (tertiary alicyclic amines) is 2. The highest BCUT2D eigenvalue weighted by atomic mass is 16.4. The van der Waals surface area contributed by atoms with E-state index >= 15 is 0 Å². The van der Waals surface area contributed by atoms with Gasteiger partial charge in [0, 0.05) is 35.3 Å². The minimum atomic E-state index is -1.94. The van der Waals surface area contributed by atoms with Gasteiger partial charge in [-0.25, -0.2) is 9.59 Å². The molecule has 6 aromatic rings. The van der Waals surface area contributed by atoms with Gasteiger partial charge >= 0.3 is 11.9 Å². The fraction of sp³-hybridized carbons (Fsp3) is 0.222. The molecule has 2 aliphatic heterocycles. The van der Waals surface area contributed by atoms with Gasteiger partial charge in [-0.15, -0.1) is 0 Å². The predicted molar refractivity (Wildman–Crippen MR) is 257 cm³/mol. The molecule has 66 heavy (non-hydrogen) atoms. The molecule has 0 bridgehead atoms. The summed E-state index contributed by atoms with van der Waals surface area (Å²) in [5.74, 6) is -3.45. The van der Waals surface area contributed by atoms with Crippen molar-refractivity contribution in [2.24, 2.45) is 9.98 Å². The first kappa shape index (κ1) is 45.0. The summed E-state index contributed by atoms with van der Waals surface area (Å²) >= 11 is 0. The summed E-state index contributed by atoms with van der Waals surface area (Å²) in [5, 5.41) is 28.1. The largest absolute Gasteiger partial charge is 0.480 e. The first-order valence-corrected chi connectivity index (χ1v) is 22.3. The SMILES string of the molecule is O=C(O)C(N=C(c1ccccc1)c1ccccc1NC(=O)[C@@H]1CCCN1Cc1ccccc1)C(N=C(c1ccccc1)c1ccccc1NC(=O)[C@@H]1CCCN1Cc1ccccc1)C(=O)O. The molecular formula is C54H52N6O6. The van der Waals surface area contributed by atoms with E-state index in [1.807, 2.05) is 72.8 Å². The molecule has 12 heteroatoms. The van der Waals surface area contributed by atoms with E-state index < -0.39 is 36.1 Å². The van der Waals surface area contributed by atoms with Gasteiger partial charge in [-0.2, -0.15) is 0 Å². The van der Waals surface area contributed by atoms with Crippen molar-refractivity contribution in [1.29, 1.82) is 0 Å². The summed E-state index contributed by atoms with van der Waals surface area (Å²) in [6.07, 6.45) is 3.06. The molecule has 2 unspecified atom stereocenters. The molecule has 6 aromatic carbocycles. The summed E-state index contributed by atoms with van der Waals surface area (Å²) in [6.45, 7) is 2.76. The second kappa shape index (κ2) is 21.4. The van der Waals surface area contributed by atoms with E-state index in [1.165, 1.54) is 0 Å². The van der Waals surface area contributed by atoms with Crippen LogP contribution in [0.2, 0.25) is 0 Å². The monoisotopic (exact) mass is 880 g/mol. The maximum absolute atomic E-state index is 14.1. The van der Waals surface area contributed by atoms with Gasteiger partial charge in [0.2, 0.25) is 11.8 Å². The lowest BCUT2D eigenvalue weighted by atomic mass is 9.97. The van der Waals surface area contributed by atoms with Gasteiger partial charge in [-0.3, -0.25) is 29.4 Å². The number of carbonyl (C=O) groups excluding carboxylic acids is 2. The summed E-state index contributed by atoms with van der Waals surface area (Å²) < 4.78 is 0. The summed E-state index contributed by atoms with van der Waals surface area (Å²) in [6, 6.07) is 47.0. The Morgan fingerprint density at radius 3 is 1.18 bits per heavy atom. The molecule has 0 aliphatic carbocycles. The maximum Gasteiger partial charge on any atom is 0.331 e. The van der Waals surface area contributed by atoms with Gasteiger partial charge in [-0.05, 0) is 62.0 Å². The number of hydrogen-bond acceptors (Lipinski definition) is 8. The Morgan fingerprint density at radius 2 is 0.818 bits per heavy atom. The average Bonchev–Trinajstić information content (AvgIpc) is 4.02. The second-order valence-electron chi connectivity index (χ2n) is 16.6. The lowest BCUT2D eigenvalue weighted by Gasteiger charge is -2.25. The highest BCUT2D eigenvalue weighted by Gasteiger charge is 2.37. The molecule has 2 heterocycles. The number of carboxylic acid groups (broad SMARTS) is 2. The van der Waals surface area contributed by atoms with Crippen LogP contribution in [0.5, 0.6) is 0 Å². The van der Waals surface area contributed by atoms with Crippen LogP contribution >= 0.6 is 0 Å². The Labute approximate surface area is 384 Å². The van der Waals surface area contributed by atoms with Crippen LogP contribution in [0.4, 0.5) is 11.4 Å². The van der Waals surface area contributed by atoms with Crippen LogP contribution in [0.15, 0.2) is 180 Å². The molecular weight excluding hydrogens is 829 g/mol. The predicted octanol–water partition coefficient (Wildman–Crippen LogP) is 8.17. The van der Waals surface area contributed by atoms with Crippen LogP contribution in [0.25, 0.3) is 0 Å². The average molecular weight is 881 g/mol. The molecule has 2 aliphatic rings. The zero-order chi connectivity index (χ0) is 45.8. The lowest BCUT2D eigenvalue weighted by molar-refractivity contribution is -0.146. The Kier molecular flexibility index (Phi) is 14.6. The van der Waals surface area contributed by atoms with Crippen molar-refractivity contribution in [3.63, 3.8) is 0 Å². The smallest absolute Gasteiger partial charge is 0.331 e. The topological polar surface area (TPSA) is 164 Å². The highest BCUT2D eigenvalue weighted by Crippen LogP contribution is 2.28. The Morgan fingerprint density at radius 1 is 0.485 bits per heavy atom. The van der Waals surface area contributed by atoms with E-state index in [0.717, 1.165) is 37.1 Å². The van der Waals surface area contributed by atoms with Crippen molar-refractivity contribution in [1.82, 2.24) is 9.80 Å². The van der Waals surface area contributed by atoms with E-state index in [4.69, 9.17) is 9.98 Å². The van der Waals surface area contributed by atoms with Crippen molar-refractivity contribution >= 4 is 46.6 Å². The Hall–Kier alpha value is -7.54. The minimum absolute atomic E-state index is 0.165. The van der Waals surface area contributed by atoms with Crippen molar-refractivity contribution in [3.8, 4) is 0 Å². The van der Waals surface area contributed by atoms with Crippen LogP contribution in [0.3, 0.4) is 0 Å². The zero-order valence-corrected chi connectivity index (χ0v) is 36.4. The number of nitrogens with zero attached hydrogens (tertiary/aromatic N) is 4. The molecule has 4 atom stereocenters. The fourth-order valence-electron chi connectivity index (χ4n) is 8.88. The molecule has 334 valence electrons. The van der Waals surface area contributed by atoms with E-state index in [0.29, 0.717) is 59.6 Å². The summed E-state index contributed by atoms with van der Waals surface area (Å²) in [7, 11) is 0. The van der Waals surface area contributed by atoms with Gasteiger partial charge in [-0.1, -0.05) is 158 Å². The minimum Gasteiger partial charge on any atom is -0.480 e. The van der Waals surface area contributed by atoms with Gasteiger partial charge in [0.15, 0.2) is 12.1 Å². The van der Waals surface area contributed by atoms with Crippen molar-refractivity contribution in [2.75, 3.05) is 23.7 Å². The van der Waals surface area contributed by atoms with E-state index in [-0.39, 0.29) is 23.2 Å². The molecule has 0 radical (unpaired) electrons. The number of rotatable bonds is 17. The molecule has 2 amide bonds. The molecule has 0 saturated carbocycles. The third-order valence-corrected chi connectivity index (χ3v) is 12.1. The summed E-state index contributed by atoms with van der Waals surface area (Å²) in [4.78, 5) is 69.0. The van der Waals surface area contributed by atoms with Crippen molar-refractivity contribution < 1.29 is 29.4 Å². The number of benzene rings is 6. The molecule has 2 fully saturated rings. The normalized spacial score (nSPS) is 17.8.